The van der Waals surface area contributed by atoms with Crippen LogP contribution >= 0.6 is 0 Å². The van der Waals surface area contributed by atoms with Gasteiger partial charge in [-0.25, -0.2) is 4.79 Å². The molecule has 3 amide bonds. The van der Waals surface area contributed by atoms with E-state index in [9.17, 15) is 24.3 Å². The lowest BCUT2D eigenvalue weighted by Crippen LogP contribution is -2.52. The van der Waals surface area contributed by atoms with Crippen LogP contribution < -0.4 is 0 Å². The number of rotatable bonds is 3. The Balaban J connectivity index is 1.96. The summed E-state index contributed by atoms with van der Waals surface area (Å²) >= 11 is 0. The van der Waals surface area contributed by atoms with Crippen molar-refractivity contribution in [3.8, 4) is 0 Å². The minimum atomic E-state index is -1.20. The van der Waals surface area contributed by atoms with Gasteiger partial charge in [0.2, 0.25) is 5.91 Å². The molecule has 1 aromatic rings. The highest BCUT2D eigenvalue weighted by Gasteiger charge is 2.50. The van der Waals surface area contributed by atoms with Crippen molar-refractivity contribution in [3.05, 3.63) is 35.4 Å². The fourth-order valence-corrected chi connectivity index (χ4v) is 3.34. The lowest BCUT2D eigenvalue weighted by molar-refractivity contribution is -0.149. The lowest BCUT2D eigenvalue weighted by Gasteiger charge is -2.29. The Hall–Kier alpha value is -2.70. The average molecular weight is 316 g/mol. The van der Waals surface area contributed by atoms with Crippen molar-refractivity contribution >= 4 is 23.7 Å². The molecular weight excluding hydrogens is 300 g/mol. The fourth-order valence-electron chi connectivity index (χ4n) is 3.34. The van der Waals surface area contributed by atoms with E-state index in [1.54, 1.807) is 31.2 Å². The first-order valence-corrected chi connectivity index (χ1v) is 7.46. The zero-order valence-electron chi connectivity index (χ0n) is 12.6. The standard InChI is InChI=1S/C16H16N2O5/c1-2-12(19)17-8-7-11(13(17)16(22)23)18-14(20)9-5-3-4-6-10(9)15(18)21/h3-6,11,13H,2,7-8H2,1H3,(H,22,23). The average Bonchev–Trinajstić information content (AvgIpc) is 3.08. The number of imide groups is 1. The number of hydrogen-bond acceptors (Lipinski definition) is 4. The van der Waals surface area contributed by atoms with Crippen LogP contribution in [0.1, 0.15) is 40.5 Å². The Labute approximate surface area is 132 Å². The van der Waals surface area contributed by atoms with E-state index in [2.05, 4.69) is 0 Å². The molecule has 0 saturated carbocycles. The molecule has 2 aliphatic heterocycles. The molecule has 0 aromatic heterocycles. The Morgan fingerprint density at radius 3 is 2.22 bits per heavy atom. The Bertz CT molecular complexity index is 679. The van der Waals surface area contributed by atoms with Gasteiger partial charge in [-0.15, -0.1) is 0 Å². The van der Waals surface area contributed by atoms with Crippen LogP contribution in [0.4, 0.5) is 0 Å². The highest BCUT2D eigenvalue weighted by molar-refractivity contribution is 6.21. The van der Waals surface area contributed by atoms with E-state index in [0.717, 1.165) is 4.90 Å². The minimum absolute atomic E-state index is 0.179. The molecule has 0 spiro atoms. The number of nitrogens with zero attached hydrogens (tertiary/aromatic N) is 2. The number of benzene rings is 1. The number of likely N-dealkylation sites (tertiary alicyclic amines) is 1. The fraction of sp³-hybridized carbons (Fsp3) is 0.375. The maximum absolute atomic E-state index is 12.5. The third-order valence-corrected chi connectivity index (χ3v) is 4.40. The number of carbonyl (C=O) groups is 4. The van der Waals surface area contributed by atoms with Gasteiger partial charge in [0, 0.05) is 13.0 Å². The summed E-state index contributed by atoms with van der Waals surface area (Å²) in [4.78, 5) is 50.9. The Kier molecular flexibility index (Phi) is 3.63. The maximum atomic E-state index is 12.5. The first kappa shape index (κ1) is 15.2. The highest BCUT2D eigenvalue weighted by atomic mass is 16.4. The molecule has 2 aliphatic rings. The molecule has 1 N–H and O–H groups in total. The number of hydrogen-bond donors (Lipinski definition) is 1. The smallest absolute Gasteiger partial charge is 0.328 e. The van der Waals surface area contributed by atoms with E-state index in [-0.39, 0.29) is 36.4 Å². The van der Waals surface area contributed by atoms with Gasteiger partial charge in [0.1, 0.15) is 0 Å². The molecular formula is C16H16N2O5. The third kappa shape index (κ3) is 2.19. The second-order valence-corrected chi connectivity index (χ2v) is 5.61. The normalized spacial score (nSPS) is 23.3. The van der Waals surface area contributed by atoms with Crippen LogP contribution in [0.2, 0.25) is 0 Å². The van der Waals surface area contributed by atoms with Crippen LogP contribution in [0.25, 0.3) is 0 Å². The topological polar surface area (TPSA) is 95.0 Å². The number of aliphatic carboxylic acids is 1. The molecule has 120 valence electrons. The van der Waals surface area contributed by atoms with Crippen LogP contribution in [0, 0.1) is 0 Å². The molecule has 7 nitrogen and oxygen atoms in total. The quantitative estimate of drug-likeness (QED) is 0.830. The summed E-state index contributed by atoms with van der Waals surface area (Å²) in [5.41, 5.74) is 0.559. The molecule has 0 radical (unpaired) electrons. The molecule has 2 atom stereocenters. The number of carbonyl (C=O) groups excluding carboxylic acids is 3. The number of fused-ring (bicyclic) bond motifs is 1. The van der Waals surface area contributed by atoms with Crippen molar-refractivity contribution in [1.82, 2.24) is 9.80 Å². The number of carboxylic acid groups (broad SMARTS) is 1. The number of amides is 3. The molecule has 1 saturated heterocycles. The van der Waals surface area contributed by atoms with Crippen molar-refractivity contribution in [2.24, 2.45) is 0 Å². The largest absolute Gasteiger partial charge is 0.480 e. The van der Waals surface area contributed by atoms with Gasteiger partial charge in [-0.3, -0.25) is 19.3 Å². The van der Waals surface area contributed by atoms with E-state index in [0.29, 0.717) is 0 Å². The van der Waals surface area contributed by atoms with Gasteiger partial charge in [-0.05, 0) is 18.6 Å². The van der Waals surface area contributed by atoms with Crippen molar-refractivity contribution in [2.75, 3.05) is 6.54 Å². The van der Waals surface area contributed by atoms with Gasteiger partial charge >= 0.3 is 5.97 Å². The van der Waals surface area contributed by atoms with Gasteiger partial charge < -0.3 is 10.0 Å². The second-order valence-electron chi connectivity index (χ2n) is 5.61. The first-order chi connectivity index (χ1) is 11.0. The summed E-state index contributed by atoms with van der Waals surface area (Å²) < 4.78 is 0. The summed E-state index contributed by atoms with van der Waals surface area (Å²) in [7, 11) is 0. The van der Waals surface area contributed by atoms with E-state index in [1.165, 1.54) is 4.90 Å². The summed E-state index contributed by atoms with van der Waals surface area (Å²) in [6.45, 7) is 1.87. The van der Waals surface area contributed by atoms with Crippen LogP contribution in [0.3, 0.4) is 0 Å². The van der Waals surface area contributed by atoms with Gasteiger partial charge in [-0.1, -0.05) is 19.1 Å². The van der Waals surface area contributed by atoms with Gasteiger partial charge in [0.25, 0.3) is 11.8 Å². The maximum Gasteiger partial charge on any atom is 0.328 e. The highest BCUT2D eigenvalue weighted by Crippen LogP contribution is 2.31. The van der Waals surface area contributed by atoms with Gasteiger partial charge in [-0.2, -0.15) is 0 Å². The summed E-state index contributed by atoms with van der Waals surface area (Å²) in [5, 5.41) is 9.51. The molecule has 1 fully saturated rings. The Morgan fingerprint density at radius 1 is 1.17 bits per heavy atom. The predicted molar refractivity (Wildman–Crippen MR) is 78.8 cm³/mol. The van der Waals surface area contributed by atoms with Crippen LogP contribution in [-0.4, -0.2) is 57.2 Å². The van der Waals surface area contributed by atoms with Crippen molar-refractivity contribution in [2.45, 2.75) is 31.8 Å². The predicted octanol–water partition coefficient (Wildman–Crippen LogP) is 0.747. The zero-order valence-corrected chi connectivity index (χ0v) is 12.6. The molecule has 7 heteroatoms. The molecule has 0 bridgehead atoms. The number of carboxylic acids is 1. The van der Waals surface area contributed by atoms with E-state index in [1.807, 2.05) is 0 Å². The molecule has 3 rings (SSSR count). The van der Waals surface area contributed by atoms with Crippen LogP contribution in [0.15, 0.2) is 24.3 Å². The third-order valence-electron chi connectivity index (χ3n) is 4.40. The van der Waals surface area contributed by atoms with E-state index in [4.69, 9.17) is 0 Å². The Morgan fingerprint density at radius 2 is 1.74 bits per heavy atom. The van der Waals surface area contributed by atoms with Gasteiger partial charge in [0.05, 0.1) is 17.2 Å². The monoisotopic (exact) mass is 316 g/mol. The molecule has 1 aromatic carbocycles. The minimum Gasteiger partial charge on any atom is -0.480 e. The summed E-state index contributed by atoms with van der Waals surface area (Å²) in [5.74, 6) is -2.48. The second kappa shape index (κ2) is 5.49. The SMILES string of the molecule is CCC(=O)N1CCC(N2C(=O)c3ccccc3C2=O)C1C(=O)O. The first-order valence-electron chi connectivity index (χ1n) is 7.46. The zero-order chi connectivity index (χ0) is 16.7. The molecule has 2 heterocycles. The van der Waals surface area contributed by atoms with Crippen molar-refractivity contribution in [1.29, 1.82) is 0 Å². The molecule has 0 aliphatic carbocycles. The van der Waals surface area contributed by atoms with E-state index >= 15 is 0 Å². The summed E-state index contributed by atoms with van der Waals surface area (Å²) in [6.07, 6.45) is 0.451. The molecule has 2 unspecified atom stereocenters. The molecule has 23 heavy (non-hydrogen) atoms. The lowest BCUT2D eigenvalue weighted by atomic mass is 10.1. The van der Waals surface area contributed by atoms with Crippen molar-refractivity contribution in [3.63, 3.8) is 0 Å². The van der Waals surface area contributed by atoms with Crippen LogP contribution in [0.5, 0.6) is 0 Å². The summed E-state index contributed by atoms with van der Waals surface area (Å²) in [6, 6.07) is 4.39. The van der Waals surface area contributed by atoms with Crippen LogP contribution in [-0.2, 0) is 9.59 Å². The van der Waals surface area contributed by atoms with Gasteiger partial charge in [0.15, 0.2) is 6.04 Å². The van der Waals surface area contributed by atoms with E-state index < -0.39 is 29.9 Å². The van der Waals surface area contributed by atoms with Crippen molar-refractivity contribution < 1.29 is 24.3 Å².